The van der Waals surface area contributed by atoms with E-state index in [2.05, 4.69) is 10.6 Å². The highest BCUT2D eigenvalue weighted by Gasteiger charge is 2.10. The molecule has 1 aromatic carbocycles. The van der Waals surface area contributed by atoms with Gasteiger partial charge in [0.2, 0.25) is 5.91 Å². The molecule has 0 aliphatic rings. The molecule has 19 heavy (non-hydrogen) atoms. The number of hydrogen-bond acceptors (Lipinski definition) is 3. The van der Waals surface area contributed by atoms with Crippen molar-refractivity contribution in [3.05, 3.63) is 29.3 Å². The van der Waals surface area contributed by atoms with Crippen molar-refractivity contribution in [2.24, 2.45) is 11.7 Å². The number of nitrogens with one attached hydrogen (secondary N) is 2. The summed E-state index contributed by atoms with van der Waals surface area (Å²) in [7, 11) is 1.58. The van der Waals surface area contributed by atoms with Crippen molar-refractivity contribution >= 4 is 17.5 Å². The average Bonchev–Trinajstić information content (AvgIpc) is 2.39. The van der Waals surface area contributed by atoms with Crippen molar-refractivity contribution in [1.29, 1.82) is 0 Å². The van der Waals surface area contributed by atoms with E-state index in [0.29, 0.717) is 18.5 Å². The summed E-state index contributed by atoms with van der Waals surface area (Å²) in [5, 5.41) is 5.40. The van der Waals surface area contributed by atoms with E-state index in [1.807, 2.05) is 13.8 Å². The van der Waals surface area contributed by atoms with Gasteiger partial charge in [0, 0.05) is 24.7 Å². The highest BCUT2D eigenvalue weighted by molar-refractivity contribution is 5.96. The van der Waals surface area contributed by atoms with Gasteiger partial charge in [-0.15, -0.1) is 0 Å². The molecule has 1 atom stereocenters. The summed E-state index contributed by atoms with van der Waals surface area (Å²) in [6.45, 7) is 4.28. The van der Waals surface area contributed by atoms with E-state index in [1.54, 1.807) is 25.2 Å². The van der Waals surface area contributed by atoms with Gasteiger partial charge in [0.15, 0.2) is 0 Å². The van der Waals surface area contributed by atoms with Crippen LogP contribution in [0.4, 0.5) is 5.69 Å². The van der Waals surface area contributed by atoms with E-state index in [-0.39, 0.29) is 17.7 Å². The largest absolute Gasteiger partial charge is 0.355 e. The van der Waals surface area contributed by atoms with Crippen LogP contribution in [0.2, 0.25) is 0 Å². The van der Waals surface area contributed by atoms with Gasteiger partial charge in [0.25, 0.3) is 5.91 Å². The molecule has 5 heteroatoms. The molecule has 0 spiro atoms. The molecule has 0 fully saturated rings. The van der Waals surface area contributed by atoms with Crippen molar-refractivity contribution in [3.8, 4) is 0 Å². The Hall–Kier alpha value is -1.88. The van der Waals surface area contributed by atoms with Gasteiger partial charge in [-0.2, -0.15) is 0 Å². The van der Waals surface area contributed by atoms with E-state index < -0.39 is 0 Å². The molecule has 1 aromatic rings. The number of rotatable bonds is 5. The summed E-state index contributed by atoms with van der Waals surface area (Å²) < 4.78 is 0. The molecule has 2 amide bonds. The lowest BCUT2D eigenvalue weighted by atomic mass is 10.1. The zero-order valence-electron chi connectivity index (χ0n) is 11.6. The minimum atomic E-state index is -0.141. The van der Waals surface area contributed by atoms with Gasteiger partial charge in [-0.05, 0) is 43.1 Å². The molecular formula is C14H21N3O2. The third-order valence-electron chi connectivity index (χ3n) is 2.93. The van der Waals surface area contributed by atoms with Gasteiger partial charge in [-0.25, -0.2) is 0 Å². The minimum absolute atomic E-state index is 0.0613. The fraction of sp³-hybridized carbons (Fsp3) is 0.429. The first-order chi connectivity index (χ1) is 8.97. The summed E-state index contributed by atoms with van der Waals surface area (Å²) in [5.41, 5.74) is 7.65. The number of carbonyl (C=O) groups excluding carboxylic acids is 2. The molecule has 4 N–H and O–H groups in total. The van der Waals surface area contributed by atoms with Crippen LogP contribution in [0.15, 0.2) is 18.2 Å². The molecule has 5 nitrogen and oxygen atoms in total. The van der Waals surface area contributed by atoms with E-state index >= 15 is 0 Å². The highest BCUT2D eigenvalue weighted by atomic mass is 16.2. The first-order valence-electron chi connectivity index (χ1n) is 6.30. The highest BCUT2D eigenvalue weighted by Crippen LogP contribution is 2.17. The summed E-state index contributed by atoms with van der Waals surface area (Å²) >= 11 is 0. The van der Waals surface area contributed by atoms with Gasteiger partial charge in [-0.3, -0.25) is 9.59 Å². The molecule has 0 heterocycles. The monoisotopic (exact) mass is 263 g/mol. The third kappa shape index (κ3) is 4.37. The van der Waals surface area contributed by atoms with Crippen LogP contribution in [0.1, 0.15) is 29.3 Å². The SMILES string of the molecule is CNC(=O)c1ccc(NC(=O)CC(C)CN)c(C)c1. The summed E-state index contributed by atoms with van der Waals surface area (Å²) in [6, 6.07) is 5.18. The van der Waals surface area contributed by atoms with E-state index in [1.165, 1.54) is 0 Å². The first kappa shape index (κ1) is 15.2. The van der Waals surface area contributed by atoms with Crippen LogP contribution in [0, 0.1) is 12.8 Å². The molecule has 1 unspecified atom stereocenters. The van der Waals surface area contributed by atoms with Crippen LogP contribution in [-0.4, -0.2) is 25.4 Å². The summed E-state index contributed by atoms with van der Waals surface area (Å²) in [6.07, 6.45) is 0.396. The molecular weight excluding hydrogens is 242 g/mol. The van der Waals surface area contributed by atoms with Gasteiger partial charge >= 0.3 is 0 Å². The number of amides is 2. The Labute approximate surface area is 113 Å². The third-order valence-corrected chi connectivity index (χ3v) is 2.93. The fourth-order valence-corrected chi connectivity index (χ4v) is 1.69. The van der Waals surface area contributed by atoms with Crippen molar-refractivity contribution in [2.75, 3.05) is 18.9 Å². The van der Waals surface area contributed by atoms with Crippen molar-refractivity contribution in [2.45, 2.75) is 20.3 Å². The summed E-state index contributed by atoms with van der Waals surface area (Å²) in [4.78, 5) is 23.2. The number of hydrogen-bond donors (Lipinski definition) is 3. The lowest BCUT2D eigenvalue weighted by Gasteiger charge is -2.12. The smallest absolute Gasteiger partial charge is 0.251 e. The Kier molecular flexibility index (Phi) is 5.51. The Morgan fingerprint density at radius 1 is 1.37 bits per heavy atom. The van der Waals surface area contributed by atoms with Crippen molar-refractivity contribution in [3.63, 3.8) is 0 Å². The minimum Gasteiger partial charge on any atom is -0.355 e. The Morgan fingerprint density at radius 3 is 2.58 bits per heavy atom. The average molecular weight is 263 g/mol. The lowest BCUT2D eigenvalue weighted by molar-refractivity contribution is -0.116. The topological polar surface area (TPSA) is 84.2 Å². The van der Waals surface area contributed by atoms with E-state index in [4.69, 9.17) is 5.73 Å². The maximum absolute atomic E-state index is 11.8. The Morgan fingerprint density at radius 2 is 2.05 bits per heavy atom. The predicted octanol–water partition coefficient (Wildman–Crippen LogP) is 1.28. The molecule has 0 saturated carbocycles. The molecule has 0 aromatic heterocycles. The van der Waals surface area contributed by atoms with Crippen LogP contribution in [0.3, 0.4) is 0 Å². The van der Waals surface area contributed by atoms with Crippen molar-refractivity contribution < 1.29 is 9.59 Å². The molecule has 1 rings (SSSR count). The zero-order valence-corrected chi connectivity index (χ0v) is 11.6. The van der Waals surface area contributed by atoms with Gasteiger partial charge in [-0.1, -0.05) is 6.92 Å². The summed E-state index contributed by atoms with van der Waals surface area (Å²) in [5.74, 6) is -0.0445. The second kappa shape index (κ2) is 6.89. The predicted molar refractivity (Wildman–Crippen MR) is 76.0 cm³/mol. The molecule has 0 aliphatic heterocycles. The molecule has 0 aliphatic carbocycles. The van der Waals surface area contributed by atoms with Gasteiger partial charge in [0.1, 0.15) is 0 Å². The van der Waals surface area contributed by atoms with Crippen molar-refractivity contribution in [1.82, 2.24) is 5.32 Å². The molecule has 0 saturated heterocycles. The maximum Gasteiger partial charge on any atom is 0.251 e. The van der Waals surface area contributed by atoms with Crippen LogP contribution < -0.4 is 16.4 Å². The first-order valence-corrected chi connectivity index (χ1v) is 6.30. The lowest BCUT2D eigenvalue weighted by Crippen LogP contribution is -2.21. The fourth-order valence-electron chi connectivity index (χ4n) is 1.69. The number of nitrogens with two attached hydrogens (primary N) is 1. The van der Waals surface area contributed by atoms with Crippen LogP contribution in [0.5, 0.6) is 0 Å². The van der Waals surface area contributed by atoms with Crippen LogP contribution >= 0.6 is 0 Å². The maximum atomic E-state index is 11.8. The van der Waals surface area contributed by atoms with E-state index in [9.17, 15) is 9.59 Å². The quantitative estimate of drug-likeness (QED) is 0.748. The standard InChI is InChI=1S/C14H21N3O2/c1-9(8-15)6-13(18)17-12-5-4-11(7-10(12)2)14(19)16-3/h4-5,7,9H,6,8,15H2,1-3H3,(H,16,19)(H,17,18). The number of aryl methyl sites for hydroxylation is 1. The molecule has 0 bridgehead atoms. The number of carbonyl (C=O) groups is 2. The number of benzene rings is 1. The zero-order chi connectivity index (χ0) is 14.4. The van der Waals surface area contributed by atoms with Crippen LogP contribution in [-0.2, 0) is 4.79 Å². The molecule has 104 valence electrons. The van der Waals surface area contributed by atoms with Gasteiger partial charge in [0.05, 0.1) is 0 Å². The normalized spacial score (nSPS) is 11.8. The second-order valence-corrected chi connectivity index (χ2v) is 4.70. The number of anilines is 1. The van der Waals surface area contributed by atoms with Gasteiger partial charge < -0.3 is 16.4 Å². The molecule has 0 radical (unpaired) electrons. The Balaban J connectivity index is 2.75. The van der Waals surface area contributed by atoms with Crippen LogP contribution in [0.25, 0.3) is 0 Å². The Bertz CT molecular complexity index is 472. The van der Waals surface area contributed by atoms with E-state index in [0.717, 1.165) is 11.3 Å². The second-order valence-electron chi connectivity index (χ2n) is 4.70.